The number of hydrogen-bond acceptors (Lipinski definition) is 4. The van der Waals surface area contributed by atoms with Gasteiger partial charge in [-0.25, -0.2) is 0 Å². The highest BCUT2D eigenvalue weighted by molar-refractivity contribution is 7.11. The maximum absolute atomic E-state index is 5.57. The van der Waals surface area contributed by atoms with Crippen LogP contribution in [0.15, 0.2) is 12.1 Å². The SMILES string of the molecule is CCCNCc1ccc(COCCCOC)s1. The molecular formula is C13H23NO2S. The second-order valence-corrected chi connectivity index (χ2v) is 5.20. The van der Waals surface area contributed by atoms with Gasteiger partial charge >= 0.3 is 0 Å². The van der Waals surface area contributed by atoms with E-state index in [0.29, 0.717) is 0 Å². The summed E-state index contributed by atoms with van der Waals surface area (Å²) in [5, 5.41) is 3.40. The molecular weight excluding hydrogens is 234 g/mol. The molecule has 1 rings (SSSR count). The Bertz CT molecular complexity index is 289. The molecule has 0 atom stereocenters. The molecule has 4 heteroatoms. The standard InChI is InChI=1S/C13H23NO2S/c1-3-7-14-10-12-5-6-13(17-12)11-16-9-4-8-15-2/h5-6,14H,3-4,7-11H2,1-2H3. The van der Waals surface area contributed by atoms with E-state index in [-0.39, 0.29) is 0 Å². The van der Waals surface area contributed by atoms with Crippen LogP contribution in [0.4, 0.5) is 0 Å². The highest BCUT2D eigenvalue weighted by atomic mass is 32.1. The zero-order chi connectivity index (χ0) is 12.3. The third kappa shape index (κ3) is 6.78. The summed E-state index contributed by atoms with van der Waals surface area (Å²) in [6.07, 6.45) is 2.15. The van der Waals surface area contributed by atoms with Crippen molar-refractivity contribution >= 4 is 11.3 Å². The fourth-order valence-electron chi connectivity index (χ4n) is 1.46. The first-order valence-electron chi connectivity index (χ1n) is 6.21. The topological polar surface area (TPSA) is 30.5 Å². The minimum absolute atomic E-state index is 0.724. The van der Waals surface area contributed by atoms with E-state index in [1.165, 1.54) is 16.2 Å². The van der Waals surface area contributed by atoms with E-state index >= 15 is 0 Å². The maximum Gasteiger partial charge on any atom is 0.0809 e. The predicted octanol–water partition coefficient (Wildman–Crippen LogP) is 2.80. The second-order valence-electron chi connectivity index (χ2n) is 3.94. The molecule has 0 radical (unpaired) electrons. The number of thiophene rings is 1. The minimum Gasteiger partial charge on any atom is -0.385 e. The zero-order valence-corrected chi connectivity index (χ0v) is 11.6. The van der Waals surface area contributed by atoms with Crippen molar-refractivity contribution in [3.63, 3.8) is 0 Å². The Labute approximate surface area is 108 Å². The molecule has 17 heavy (non-hydrogen) atoms. The van der Waals surface area contributed by atoms with Crippen LogP contribution in [0.2, 0.25) is 0 Å². The van der Waals surface area contributed by atoms with Gasteiger partial charge in [0.05, 0.1) is 6.61 Å². The number of hydrogen-bond donors (Lipinski definition) is 1. The van der Waals surface area contributed by atoms with Crippen LogP contribution in [0, 0.1) is 0 Å². The van der Waals surface area contributed by atoms with Crippen molar-refractivity contribution in [3.05, 3.63) is 21.9 Å². The fourth-order valence-corrected chi connectivity index (χ4v) is 2.39. The molecule has 0 saturated carbocycles. The van der Waals surface area contributed by atoms with Crippen LogP contribution >= 0.6 is 11.3 Å². The van der Waals surface area contributed by atoms with Gasteiger partial charge in [-0.3, -0.25) is 0 Å². The Morgan fingerprint density at radius 2 is 2.06 bits per heavy atom. The molecule has 0 fully saturated rings. The van der Waals surface area contributed by atoms with Gasteiger partial charge in [-0.2, -0.15) is 0 Å². The molecule has 0 aliphatic heterocycles. The van der Waals surface area contributed by atoms with Gasteiger partial charge in [-0.05, 0) is 31.5 Å². The van der Waals surface area contributed by atoms with Crippen molar-refractivity contribution in [2.75, 3.05) is 26.9 Å². The number of nitrogens with one attached hydrogen (secondary N) is 1. The first-order valence-corrected chi connectivity index (χ1v) is 7.03. The van der Waals surface area contributed by atoms with Crippen LogP contribution in [0.1, 0.15) is 29.5 Å². The Morgan fingerprint density at radius 3 is 2.82 bits per heavy atom. The largest absolute Gasteiger partial charge is 0.385 e. The second kappa shape index (κ2) is 9.59. The molecule has 3 nitrogen and oxygen atoms in total. The fraction of sp³-hybridized carbons (Fsp3) is 0.692. The van der Waals surface area contributed by atoms with Gasteiger partial charge in [0, 0.05) is 36.6 Å². The highest BCUT2D eigenvalue weighted by Crippen LogP contribution is 2.17. The Morgan fingerprint density at radius 1 is 1.24 bits per heavy atom. The van der Waals surface area contributed by atoms with Crippen molar-refractivity contribution in [1.82, 2.24) is 5.32 Å². The molecule has 1 heterocycles. The van der Waals surface area contributed by atoms with Crippen molar-refractivity contribution in [3.8, 4) is 0 Å². The van der Waals surface area contributed by atoms with Gasteiger partial charge in [0.1, 0.15) is 0 Å². The number of ether oxygens (including phenoxy) is 2. The molecule has 0 spiro atoms. The van der Waals surface area contributed by atoms with Gasteiger partial charge in [0.25, 0.3) is 0 Å². The van der Waals surface area contributed by atoms with E-state index < -0.39 is 0 Å². The van der Waals surface area contributed by atoms with Gasteiger partial charge in [-0.15, -0.1) is 11.3 Å². The minimum atomic E-state index is 0.724. The normalized spacial score (nSPS) is 10.9. The Hall–Kier alpha value is -0.420. The van der Waals surface area contributed by atoms with Crippen molar-refractivity contribution in [2.45, 2.75) is 32.9 Å². The number of rotatable bonds is 10. The van der Waals surface area contributed by atoms with Crippen LogP contribution in [0.25, 0.3) is 0 Å². The average Bonchev–Trinajstić information content (AvgIpc) is 2.77. The molecule has 1 aromatic rings. The summed E-state index contributed by atoms with van der Waals surface area (Å²) in [6.45, 7) is 6.51. The summed E-state index contributed by atoms with van der Waals surface area (Å²) in [5.41, 5.74) is 0. The first kappa shape index (κ1) is 14.6. The van der Waals surface area contributed by atoms with Crippen molar-refractivity contribution < 1.29 is 9.47 Å². The number of methoxy groups -OCH3 is 1. The Balaban J connectivity index is 2.12. The zero-order valence-electron chi connectivity index (χ0n) is 10.8. The van der Waals surface area contributed by atoms with E-state index in [1.807, 2.05) is 11.3 Å². The van der Waals surface area contributed by atoms with Gasteiger partial charge in [-0.1, -0.05) is 6.92 Å². The molecule has 1 aromatic heterocycles. The van der Waals surface area contributed by atoms with E-state index in [2.05, 4.69) is 24.4 Å². The predicted molar refractivity (Wildman–Crippen MR) is 72.5 cm³/mol. The molecule has 0 aliphatic rings. The lowest BCUT2D eigenvalue weighted by Crippen LogP contribution is -2.12. The van der Waals surface area contributed by atoms with Gasteiger partial charge in [0.2, 0.25) is 0 Å². The van der Waals surface area contributed by atoms with E-state index in [9.17, 15) is 0 Å². The van der Waals surface area contributed by atoms with Crippen LogP contribution < -0.4 is 5.32 Å². The highest BCUT2D eigenvalue weighted by Gasteiger charge is 2.00. The summed E-state index contributed by atoms with van der Waals surface area (Å²) in [6, 6.07) is 4.34. The summed E-state index contributed by atoms with van der Waals surface area (Å²) >= 11 is 1.83. The quantitative estimate of drug-likeness (QED) is 0.654. The van der Waals surface area contributed by atoms with E-state index in [1.54, 1.807) is 7.11 Å². The lowest BCUT2D eigenvalue weighted by molar-refractivity contribution is 0.0943. The molecule has 0 aromatic carbocycles. The third-order valence-corrected chi connectivity index (χ3v) is 3.38. The van der Waals surface area contributed by atoms with Crippen LogP contribution in [-0.2, 0) is 22.6 Å². The van der Waals surface area contributed by atoms with Crippen LogP contribution in [-0.4, -0.2) is 26.9 Å². The molecule has 0 unspecified atom stereocenters. The Kier molecular flexibility index (Phi) is 8.26. The molecule has 0 amide bonds. The van der Waals surface area contributed by atoms with E-state index in [0.717, 1.165) is 39.3 Å². The summed E-state index contributed by atoms with van der Waals surface area (Å²) < 4.78 is 10.5. The molecule has 0 aliphatic carbocycles. The van der Waals surface area contributed by atoms with Gasteiger partial charge in [0.15, 0.2) is 0 Å². The van der Waals surface area contributed by atoms with Crippen LogP contribution in [0.5, 0.6) is 0 Å². The summed E-state index contributed by atoms with van der Waals surface area (Å²) in [4.78, 5) is 2.68. The van der Waals surface area contributed by atoms with E-state index in [4.69, 9.17) is 9.47 Å². The smallest absolute Gasteiger partial charge is 0.0809 e. The van der Waals surface area contributed by atoms with Crippen molar-refractivity contribution in [2.24, 2.45) is 0 Å². The average molecular weight is 257 g/mol. The third-order valence-electron chi connectivity index (χ3n) is 2.32. The molecule has 0 saturated heterocycles. The van der Waals surface area contributed by atoms with Crippen molar-refractivity contribution in [1.29, 1.82) is 0 Å². The van der Waals surface area contributed by atoms with Crippen LogP contribution in [0.3, 0.4) is 0 Å². The first-order chi connectivity index (χ1) is 8.36. The summed E-state index contributed by atoms with van der Waals surface area (Å²) in [5.74, 6) is 0. The molecule has 98 valence electrons. The lowest BCUT2D eigenvalue weighted by Gasteiger charge is -2.02. The lowest BCUT2D eigenvalue weighted by atomic mass is 10.4. The maximum atomic E-state index is 5.57. The molecule has 1 N–H and O–H groups in total. The summed E-state index contributed by atoms with van der Waals surface area (Å²) in [7, 11) is 1.72. The monoisotopic (exact) mass is 257 g/mol. The van der Waals surface area contributed by atoms with Gasteiger partial charge < -0.3 is 14.8 Å². The molecule has 0 bridgehead atoms.